The van der Waals surface area contributed by atoms with E-state index in [4.69, 9.17) is 36.0 Å². The number of rotatable bonds is 98. The zero-order valence-corrected chi connectivity index (χ0v) is 89.2. The van der Waals surface area contributed by atoms with Crippen LogP contribution in [0, 0.1) is 11.8 Å². The molecule has 122 heavy (non-hydrogen) atoms. The molecule has 0 bridgehead atoms. The summed E-state index contributed by atoms with van der Waals surface area (Å²) in [5, 5.41) is 18.8. The normalized spacial score (nSPS) is 13.3. The first-order chi connectivity index (χ1) is 59.1. The van der Waals surface area contributed by atoms with Crippen LogP contribution >= 0.6 is 0 Å². The number of carbonyl (C=O) groups is 2. The van der Waals surface area contributed by atoms with Gasteiger partial charge in [0.25, 0.3) is 0 Å². The van der Waals surface area contributed by atoms with E-state index >= 15 is 0 Å². The Morgan fingerprint density at radius 3 is 0.713 bits per heavy atom. The molecule has 0 radical (unpaired) electrons. The van der Waals surface area contributed by atoms with Gasteiger partial charge in [-0.05, 0) is 232 Å². The molecule has 0 amide bonds. The fourth-order valence-electron chi connectivity index (χ4n) is 17.4. The minimum Gasteiger partial charge on any atom is -0.465 e. The maximum absolute atomic E-state index is 13.0. The lowest BCUT2D eigenvalue weighted by molar-refractivity contribution is -0.150. The van der Waals surface area contributed by atoms with Gasteiger partial charge in [-0.15, -0.1) is 0 Å². The Morgan fingerprint density at radius 1 is 0.246 bits per heavy atom. The lowest BCUT2D eigenvalue weighted by atomic mass is 9.94. The summed E-state index contributed by atoms with van der Waals surface area (Å²) in [4.78, 5) is 31.3. The average molecular weight is 1800 g/mol. The highest BCUT2D eigenvalue weighted by Gasteiger charge is 2.38. The van der Waals surface area contributed by atoms with Crippen molar-refractivity contribution in [2.75, 3.05) is 78.9 Å². The minimum absolute atomic E-state index is 0.0627. The molecule has 732 valence electrons. The van der Waals surface area contributed by atoms with Crippen molar-refractivity contribution in [3.8, 4) is 0 Å². The molecule has 0 aliphatic carbocycles. The molecule has 0 heterocycles. The fourth-order valence-corrected chi connectivity index (χ4v) is 33.1. The Labute approximate surface area is 766 Å². The molecular formula is C104H218N2O12Si4. The lowest BCUT2D eigenvalue weighted by Gasteiger charge is -2.36. The molecule has 2 N–H and O–H groups in total. The molecule has 0 aliphatic heterocycles. The SMILES string of the molecule is CCCCCCCCC(CCCCCC)C(=O)OCCCCCCN(CCCCO)CCCCCCOC(CCCCCCC)O[Si](C)(C)O[Si](C)(C)CCCCCCCC.CCCCCCCCC(CCCCCC)C(=O)OCCCCCCN(CCCCO)CCCCCCOC(CCCCCCC)O[Si](C)(C)O[Si](C)(C)CCCCCCCC. The number of aliphatic hydroxyl groups is 2. The maximum atomic E-state index is 13.0. The second-order valence-corrected chi connectivity index (χ2v) is 55.3. The number of ether oxygens (including phenoxy) is 4. The van der Waals surface area contributed by atoms with Gasteiger partial charge in [-0.3, -0.25) is 9.59 Å². The Bertz CT molecular complexity index is 1990. The van der Waals surface area contributed by atoms with Crippen molar-refractivity contribution in [1.29, 1.82) is 0 Å². The molecule has 0 aromatic rings. The van der Waals surface area contributed by atoms with E-state index in [0.29, 0.717) is 13.2 Å². The van der Waals surface area contributed by atoms with Crippen molar-refractivity contribution in [2.45, 2.75) is 569 Å². The largest absolute Gasteiger partial charge is 0.465 e. The fraction of sp³-hybridized carbons (Fsp3) is 0.981. The third-order valence-corrected chi connectivity index (χ3v) is 38.0. The van der Waals surface area contributed by atoms with Gasteiger partial charge < -0.3 is 56.0 Å². The number of aliphatic hydroxyl groups excluding tert-OH is 2. The molecule has 4 unspecified atom stereocenters. The van der Waals surface area contributed by atoms with Crippen molar-refractivity contribution in [3.63, 3.8) is 0 Å². The molecule has 0 aromatic heterocycles. The molecule has 0 spiro atoms. The summed E-state index contributed by atoms with van der Waals surface area (Å²) in [6, 6.07) is 2.44. The number of esters is 2. The summed E-state index contributed by atoms with van der Waals surface area (Å²) >= 11 is 0. The number of unbranched alkanes of at least 4 members (excludes halogenated alkanes) is 48. The van der Waals surface area contributed by atoms with Crippen LogP contribution in [0.5, 0.6) is 0 Å². The average Bonchev–Trinajstić information content (AvgIpc) is 0.857. The number of hydrogen-bond acceptors (Lipinski definition) is 14. The van der Waals surface area contributed by atoms with E-state index in [1.807, 2.05) is 0 Å². The Morgan fingerprint density at radius 2 is 0.451 bits per heavy atom. The number of hydrogen-bond donors (Lipinski definition) is 2. The van der Waals surface area contributed by atoms with Crippen LogP contribution in [0.2, 0.25) is 64.5 Å². The van der Waals surface area contributed by atoms with Crippen LogP contribution in [0.3, 0.4) is 0 Å². The highest BCUT2D eigenvalue weighted by atomic mass is 28.4. The van der Waals surface area contributed by atoms with Crippen LogP contribution in [0.1, 0.15) is 492 Å². The van der Waals surface area contributed by atoms with Crippen molar-refractivity contribution in [2.24, 2.45) is 11.8 Å². The van der Waals surface area contributed by atoms with E-state index in [1.54, 1.807) is 0 Å². The highest BCUT2D eigenvalue weighted by molar-refractivity contribution is 6.82. The van der Waals surface area contributed by atoms with Gasteiger partial charge in [0.05, 0.1) is 25.0 Å². The van der Waals surface area contributed by atoms with Crippen LogP contribution in [0.25, 0.3) is 0 Å². The Hall–Kier alpha value is -0.592. The van der Waals surface area contributed by atoms with E-state index in [2.05, 4.69) is 118 Å². The van der Waals surface area contributed by atoms with Gasteiger partial charge in [0.1, 0.15) is 12.6 Å². The van der Waals surface area contributed by atoms with E-state index in [0.717, 1.165) is 194 Å². The van der Waals surface area contributed by atoms with E-state index in [9.17, 15) is 19.8 Å². The highest BCUT2D eigenvalue weighted by Crippen LogP contribution is 2.30. The molecule has 4 atom stereocenters. The number of carbonyl (C=O) groups excluding carboxylic acids is 2. The first kappa shape index (κ1) is 123. The third-order valence-electron chi connectivity index (χ3n) is 24.9. The lowest BCUT2D eigenvalue weighted by Crippen LogP contribution is -2.48. The van der Waals surface area contributed by atoms with Crippen LogP contribution in [0.15, 0.2) is 0 Å². The molecule has 18 heteroatoms. The second kappa shape index (κ2) is 90.9. The minimum atomic E-state index is -2.32. The van der Waals surface area contributed by atoms with Gasteiger partial charge in [-0.2, -0.15) is 0 Å². The molecule has 0 rings (SSSR count). The summed E-state index contributed by atoms with van der Waals surface area (Å²) < 4.78 is 52.0. The quantitative estimate of drug-likeness (QED) is 0.0257. The summed E-state index contributed by atoms with van der Waals surface area (Å²) in [6.07, 6.45) is 81.3. The smallest absolute Gasteiger partial charge is 0.323 e. The monoisotopic (exact) mass is 1800 g/mol. The van der Waals surface area contributed by atoms with Crippen molar-refractivity contribution < 1.29 is 55.8 Å². The summed E-state index contributed by atoms with van der Waals surface area (Å²) in [6.45, 7) is 46.5. The van der Waals surface area contributed by atoms with Gasteiger partial charge in [0.2, 0.25) is 0 Å². The predicted molar refractivity (Wildman–Crippen MR) is 539 cm³/mol. The zero-order chi connectivity index (χ0) is 90.3. The Kier molecular flexibility index (Phi) is 92.0. The van der Waals surface area contributed by atoms with Gasteiger partial charge in [-0.25, -0.2) is 0 Å². The van der Waals surface area contributed by atoms with E-state index in [1.165, 1.54) is 307 Å². The third kappa shape index (κ3) is 86.1. The second-order valence-electron chi connectivity index (χ2n) is 39.5. The van der Waals surface area contributed by atoms with E-state index in [-0.39, 0.29) is 49.6 Å². The summed E-state index contributed by atoms with van der Waals surface area (Å²) in [5.74, 6) is 0.313. The molecule has 0 saturated carbocycles. The van der Waals surface area contributed by atoms with Crippen LogP contribution in [-0.4, -0.2) is 157 Å². The van der Waals surface area contributed by atoms with Crippen LogP contribution in [-0.2, 0) is 45.6 Å². The van der Waals surface area contributed by atoms with Crippen LogP contribution < -0.4 is 0 Å². The molecule has 0 aliphatic rings. The summed E-state index contributed by atoms with van der Waals surface area (Å²) in [5.41, 5.74) is 0. The van der Waals surface area contributed by atoms with Crippen molar-refractivity contribution in [1.82, 2.24) is 9.80 Å². The van der Waals surface area contributed by atoms with Gasteiger partial charge >= 0.3 is 29.1 Å². The topological polar surface area (TPSA) is 155 Å². The first-order valence-corrected chi connectivity index (χ1v) is 65.9. The molecule has 14 nitrogen and oxygen atoms in total. The first-order valence-electron chi connectivity index (χ1n) is 54.1. The van der Waals surface area contributed by atoms with Gasteiger partial charge in [-0.1, -0.05) is 364 Å². The molecule has 0 saturated heterocycles. The van der Waals surface area contributed by atoms with Crippen molar-refractivity contribution in [3.05, 3.63) is 0 Å². The molecule has 0 aromatic carbocycles. The standard InChI is InChI=1S/2C52H109NO6Si2/c2*1-9-13-17-21-24-31-41-50(40-30-20-16-12-4)52(55)57-48-38-28-26-34-44-53(45-35-36-46-54)43-33-25-27-37-47-56-51(42-32-23-19-15-11-3)58-61(7,8)59-60(5,6)49-39-29-22-18-14-10-2/h2*50-51,54H,9-49H2,1-8H3. The van der Waals surface area contributed by atoms with Crippen LogP contribution in [0.4, 0.5) is 0 Å². The molecule has 0 fully saturated rings. The number of nitrogens with zero attached hydrogens (tertiary/aromatic N) is 2. The Balaban J connectivity index is 0. The maximum Gasteiger partial charge on any atom is 0.323 e. The van der Waals surface area contributed by atoms with Gasteiger partial charge in [0, 0.05) is 26.4 Å². The summed E-state index contributed by atoms with van der Waals surface area (Å²) in [7, 11) is -8.20. The van der Waals surface area contributed by atoms with Gasteiger partial charge in [0.15, 0.2) is 16.6 Å². The molecular weight excluding hydrogens is 1580 g/mol. The zero-order valence-electron chi connectivity index (χ0n) is 85.2. The van der Waals surface area contributed by atoms with Crippen molar-refractivity contribution >= 4 is 45.7 Å². The van der Waals surface area contributed by atoms with E-state index < -0.39 is 33.8 Å². The predicted octanol–water partition coefficient (Wildman–Crippen LogP) is 32.1.